The van der Waals surface area contributed by atoms with E-state index in [1.807, 2.05) is 24.3 Å². The Bertz CT molecular complexity index is 567. The monoisotopic (exact) mass is 302 g/mol. The largest absolute Gasteiger partial charge is 0.480 e. The Morgan fingerprint density at radius 2 is 1.77 bits per heavy atom. The minimum Gasteiger partial charge on any atom is -0.480 e. The van der Waals surface area contributed by atoms with E-state index in [0.717, 1.165) is 36.8 Å². The van der Waals surface area contributed by atoms with Gasteiger partial charge in [-0.3, -0.25) is 0 Å². The molecule has 22 heavy (non-hydrogen) atoms. The molecule has 0 radical (unpaired) electrons. The summed E-state index contributed by atoms with van der Waals surface area (Å²) in [5.41, 5.74) is 2.07. The summed E-state index contributed by atoms with van der Waals surface area (Å²) in [7, 11) is 0. The van der Waals surface area contributed by atoms with Crippen LogP contribution < -0.4 is 5.32 Å². The van der Waals surface area contributed by atoms with E-state index in [-0.39, 0.29) is 12.1 Å². The average molecular weight is 302 g/mol. The Balaban J connectivity index is 1.75. The summed E-state index contributed by atoms with van der Waals surface area (Å²) < 4.78 is 0. The zero-order chi connectivity index (χ0) is 15.5. The van der Waals surface area contributed by atoms with Crippen LogP contribution in [0.4, 0.5) is 4.79 Å². The van der Waals surface area contributed by atoms with Crippen LogP contribution in [0.5, 0.6) is 0 Å². The summed E-state index contributed by atoms with van der Waals surface area (Å²) in [4.78, 5) is 25.6. The number of carboxylic acids is 1. The number of carbonyl (C=O) groups is 2. The van der Waals surface area contributed by atoms with E-state index >= 15 is 0 Å². The van der Waals surface area contributed by atoms with E-state index in [9.17, 15) is 14.7 Å². The minimum atomic E-state index is -0.937. The van der Waals surface area contributed by atoms with Gasteiger partial charge in [0, 0.05) is 19.0 Å². The molecule has 2 aliphatic rings. The van der Waals surface area contributed by atoms with Gasteiger partial charge in [0.05, 0.1) is 0 Å². The zero-order valence-electron chi connectivity index (χ0n) is 12.6. The van der Waals surface area contributed by atoms with Gasteiger partial charge in [0.1, 0.15) is 6.04 Å². The van der Waals surface area contributed by atoms with Crippen molar-refractivity contribution in [3.8, 4) is 0 Å². The second-order valence-corrected chi connectivity index (χ2v) is 6.24. The van der Waals surface area contributed by atoms with E-state index in [1.54, 1.807) is 0 Å². The van der Waals surface area contributed by atoms with Crippen LogP contribution in [0.1, 0.15) is 43.2 Å². The highest BCUT2D eigenvalue weighted by Crippen LogP contribution is 2.24. The van der Waals surface area contributed by atoms with Gasteiger partial charge in [-0.1, -0.05) is 43.5 Å². The van der Waals surface area contributed by atoms with Gasteiger partial charge in [-0.2, -0.15) is 0 Å². The molecule has 1 saturated carbocycles. The number of urea groups is 1. The Hall–Kier alpha value is -2.04. The van der Waals surface area contributed by atoms with Gasteiger partial charge in [0.15, 0.2) is 0 Å². The molecule has 1 atom stereocenters. The maximum atomic E-state index is 12.5. The number of amides is 2. The van der Waals surface area contributed by atoms with Crippen LogP contribution in [0, 0.1) is 0 Å². The molecule has 3 rings (SSSR count). The molecule has 118 valence electrons. The van der Waals surface area contributed by atoms with Gasteiger partial charge in [0.25, 0.3) is 0 Å². The number of nitrogens with one attached hydrogen (secondary N) is 1. The number of nitrogens with zero attached hydrogens (tertiary/aromatic N) is 1. The quantitative estimate of drug-likeness (QED) is 0.882. The standard InChI is InChI=1S/C17H22N2O3/c20-16(21)15-10-12-6-4-5-7-13(12)11-19(15)17(22)18-14-8-2-1-3-9-14/h4-7,14-15H,1-3,8-11H2,(H,18,22)(H,20,21). The number of hydrogen-bond donors (Lipinski definition) is 2. The van der Waals surface area contributed by atoms with Crippen LogP contribution in [0.2, 0.25) is 0 Å². The van der Waals surface area contributed by atoms with E-state index in [4.69, 9.17) is 0 Å². The minimum absolute atomic E-state index is 0.188. The lowest BCUT2D eigenvalue weighted by Crippen LogP contribution is -2.54. The predicted molar refractivity (Wildman–Crippen MR) is 82.5 cm³/mol. The Labute approximate surface area is 130 Å². The molecule has 2 amide bonds. The molecule has 1 fully saturated rings. The summed E-state index contributed by atoms with van der Waals surface area (Å²) in [6.45, 7) is 0.367. The van der Waals surface area contributed by atoms with Crippen LogP contribution in [-0.4, -0.2) is 34.1 Å². The van der Waals surface area contributed by atoms with Crippen LogP contribution in [0.15, 0.2) is 24.3 Å². The van der Waals surface area contributed by atoms with Crippen LogP contribution in [0.25, 0.3) is 0 Å². The highest BCUT2D eigenvalue weighted by atomic mass is 16.4. The van der Waals surface area contributed by atoms with Crippen LogP contribution in [-0.2, 0) is 17.8 Å². The van der Waals surface area contributed by atoms with Gasteiger partial charge in [-0.05, 0) is 24.0 Å². The lowest BCUT2D eigenvalue weighted by molar-refractivity contribution is -0.142. The molecular formula is C17H22N2O3. The first-order chi connectivity index (χ1) is 10.6. The lowest BCUT2D eigenvalue weighted by atomic mass is 9.93. The van der Waals surface area contributed by atoms with Crippen molar-refractivity contribution in [3.63, 3.8) is 0 Å². The first-order valence-corrected chi connectivity index (χ1v) is 8.02. The van der Waals surface area contributed by atoms with Crippen molar-refractivity contribution in [2.75, 3.05) is 0 Å². The Morgan fingerprint density at radius 3 is 2.45 bits per heavy atom. The maximum Gasteiger partial charge on any atom is 0.326 e. The zero-order valence-corrected chi connectivity index (χ0v) is 12.6. The molecule has 0 spiro atoms. The predicted octanol–water partition coefficient (Wildman–Crippen LogP) is 2.54. The van der Waals surface area contributed by atoms with Gasteiger partial charge in [-0.25, -0.2) is 9.59 Å². The lowest BCUT2D eigenvalue weighted by Gasteiger charge is -2.36. The highest BCUT2D eigenvalue weighted by molar-refractivity contribution is 5.83. The van der Waals surface area contributed by atoms with Crippen molar-refractivity contribution >= 4 is 12.0 Å². The van der Waals surface area contributed by atoms with Gasteiger partial charge in [-0.15, -0.1) is 0 Å². The molecule has 0 saturated heterocycles. The fourth-order valence-corrected chi connectivity index (χ4v) is 3.46. The molecule has 1 aliphatic carbocycles. The van der Waals surface area contributed by atoms with E-state index in [2.05, 4.69) is 5.32 Å². The van der Waals surface area contributed by atoms with Crippen molar-refractivity contribution < 1.29 is 14.7 Å². The first kappa shape index (κ1) is 14.9. The summed E-state index contributed by atoms with van der Waals surface area (Å²) in [6, 6.07) is 6.92. The van der Waals surface area contributed by atoms with Crippen molar-refractivity contribution in [2.45, 2.75) is 57.2 Å². The smallest absolute Gasteiger partial charge is 0.326 e. The summed E-state index contributed by atoms with van der Waals surface area (Å²) in [5, 5.41) is 12.5. The molecule has 0 bridgehead atoms. The molecule has 2 N–H and O–H groups in total. The number of fused-ring (bicyclic) bond motifs is 1. The molecule has 1 heterocycles. The Kier molecular flexibility index (Phi) is 4.32. The Morgan fingerprint density at radius 1 is 1.09 bits per heavy atom. The van der Waals surface area contributed by atoms with Crippen LogP contribution >= 0.6 is 0 Å². The normalized spacial score (nSPS) is 22.0. The molecule has 5 nitrogen and oxygen atoms in total. The molecular weight excluding hydrogens is 280 g/mol. The third-order valence-electron chi connectivity index (χ3n) is 4.73. The molecule has 5 heteroatoms. The number of carbonyl (C=O) groups excluding carboxylic acids is 1. The molecule has 1 aromatic rings. The van der Waals surface area contributed by atoms with Crippen LogP contribution in [0.3, 0.4) is 0 Å². The molecule has 0 aromatic heterocycles. The highest BCUT2D eigenvalue weighted by Gasteiger charge is 2.35. The van der Waals surface area contributed by atoms with Crippen molar-refractivity contribution in [1.82, 2.24) is 10.2 Å². The van der Waals surface area contributed by atoms with Gasteiger partial charge in [0.2, 0.25) is 0 Å². The third-order valence-corrected chi connectivity index (χ3v) is 4.73. The van der Waals surface area contributed by atoms with Crippen molar-refractivity contribution in [2.24, 2.45) is 0 Å². The van der Waals surface area contributed by atoms with E-state index in [0.29, 0.717) is 13.0 Å². The van der Waals surface area contributed by atoms with Gasteiger partial charge < -0.3 is 15.3 Å². The molecule has 1 aromatic carbocycles. The number of carboxylic acid groups (broad SMARTS) is 1. The fourth-order valence-electron chi connectivity index (χ4n) is 3.46. The third kappa shape index (κ3) is 3.08. The average Bonchev–Trinajstić information content (AvgIpc) is 2.54. The number of rotatable bonds is 2. The SMILES string of the molecule is O=C(O)C1Cc2ccccc2CN1C(=O)NC1CCCCC1. The second kappa shape index (κ2) is 6.38. The molecule has 1 aliphatic heterocycles. The molecule has 1 unspecified atom stereocenters. The summed E-state index contributed by atoms with van der Waals surface area (Å²) in [6.07, 6.45) is 5.86. The topological polar surface area (TPSA) is 69.6 Å². The first-order valence-electron chi connectivity index (χ1n) is 8.02. The van der Waals surface area contributed by atoms with Gasteiger partial charge >= 0.3 is 12.0 Å². The van der Waals surface area contributed by atoms with E-state index in [1.165, 1.54) is 11.3 Å². The van der Waals surface area contributed by atoms with E-state index < -0.39 is 12.0 Å². The van der Waals surface area contributed by atoms with Crippen molar-refractivity contribution in [1.29, 1.82) is 0 Å². The summed E-state index contributed by atoms with van der Waals surface area (Å²) >= 11 is 0. The number of benzene rings is 1. The van der Waals surface area contributed by atoms with Crippen molar-refractivity contribution in [3.05, 3.63) is 35.4 Å². The fraction of sp³-hybridized carbons (Fsp3) is 0.529. The summed E-state index contributed by atoms with van der Waals surface area (Å²) in [5.74, 6) is -0.937. The number of aliphatic carboxylic acids is 1. The maximum absolute atomic E-state index is 12.5. The number of hydrogen-bond acceptors (Lipinski definition) is 2. The second-order valence-electron chi connectivity index (χ2n) is 6.24.